The summed E-state index contributed by atoms with van der Waals surface area (Å²) in [6.07, 6.45) is 0. The second kappa shape index (κ2) is 9.39. The Bertz CT molecular complexity index is 1010. The molecule has 3 rings (SSSR count). The van der Waals surface area contributed by atoms with Crippen molar-refractivity contribution in [2.75, 3.05) is 16.4 Å². The Labute approximate surface area is 171 Å². The molecule has 4 nitrogen and oxygen atoms in total. The minimum absolute atomic E-state index is 0.0264. The minimum atomic E-state index is -0.580. The third kappa shape index (κ3) is 5.58. The summed E-state index contributed by atoms with van der Waals surface area (Å²) in [5.74, 6) is -1.09. The van der Waals surface area contributed by atoms with Crippen LogP contribution in [0.4, 0.5) is 15.8 Å². The number of rotatable bonds is 6. The third-order valence-electron chi connectivity index (χ3n) is 3.69. The van der Waals surface area contributed by atoms with Crippen LogP contribution in [-0.2, 0) is 4.79 Å². The lowest BCUT2D eigenvalue weighted by Crippen LogP contribution is -2.14. The zero-order chi connectivity index (χ0) is 19.9. The zero-order valence-electron chi connectivity index (χ0n) is 14.6. The molecule has 0 aliphatic carbocycles. The van der Waals surface area contributed by atoms with Crippen LogP contribution in [0.3, 0.4) is 0 Å². The van der Waals surface area contributed by atoms with Crippen molar-refractivity contribution in [3.05, 3.63) is 89.2 Å². The Kier molecular flexibility index (Phi) is 6.68. The fourth-order valence-corrected chi connectivity index (χ4v) is 3.36. The number of hydrogen-bond acceptors (Lipinski definition) is 3. The van der Waals surface area contributed by atoms with Gasteiger partial charge in [-0.1, -0.05) is 35.9 Å². The number of carbonyl (C=O) groups excluding carboxylic acids is 2. The summed E-state index contributed by atoms with van der Waals surface area (Å²) < 4.78 is 13.7. The summed E-state index contributed by atoms with van der Waals surface area (Å²) in [6.45, 7) is 0. The predicted octanol–water partition coefficient (Wildman–Crippen LogP) is 5.46. The van der Waals surface area contributed by atoms with Crippen molar-refractivity contribution in [2.45, 2.75) is 4.90 Å². The van der Waals surface area contributed by atoms with E-state index < -0.39 is 11.7 Å². The molecule has 0 spiro atoms. The van der Waals surface area contributed by atoms with Crippen molar-refractivity contribution in [3.8, 4) is 0 Å². The molecule has 7 heteroatoms. The van der Waals surface area contributed by atoms with E-state index >= 15 is 0 Å². The first kappa shape index (κ1) is 19.9. The second-order valence-corrected chi connectivity index (χ2v) is 7.29. The van der Waals surface area contributed by atoms with Crippen LogP contribution in [0.2, 0.25) is 5.02 Å². The molecule has 0 bridgehead atoms. The maximum absolute atomic E-state index is 13.7. The van der Waals surface area contributed by atoms with Crippen LogP contribution in [0.15, 0.2) is 77.7 Å². The van der Waals surface area contributed by atoms with Gasteiger partial charge >= 0.3 is 0 Å². The first-order valence-corrected chi connectivity index (χ1v) is 9.72. The predicted molar refractivity (Wildman–Crippen MR) is 112 cm³/mol. The maximum Gasteiger partial charge on any atom is 0.258 e. The topological polar surface area (TPSA) is 58.2 Å². The van der Waals surface area contributed by atoms with Crippen molar-refractivity contribution in [1.29, 1.82) is 0 Å². The van der Waals surface area contributed by atoms with E-state index in [1.807, 2.05) is 6.07 Å². The van der Waals surface area contributed by atoms with Crippen LogP contribution in [0.1, 0.15) is 10.4 Å². The van der Waals surface area contributed by atoms with Crippen molar-refractivity contribution >= 4 is 46.6 Å². The van der Waals surface area contributed by atoms with Gasteiger partial charge in [0, 0.05) is 21.3 Å². The average molecular weight is 415 g/mol. The third-order valence-corrected chi connectivity index (χ3v) is 4.92. The van der Waals surface area contributed by atoms with Crippen LogP contribution in [0.5, 0.6) is 0 Å². The summed E-state index contributed by atoms with van der Waals surface area (Å²) in [5.41, 5.74) is 1.12. The van der Waals surface area contributed by atoms with Crippen LogP contribution in [0, 0.1) is 5.82 Å². The molecule has 0 saturated carbocycles. The lowest BCUT2D eigenvalue weighted by atomic mass is 10.2. The van der Waals surface area contributed by atoms with E-state index in [4.69, 9.17) is 11.6 Å². The van der Waals surface area contributed by atoms with Crippen LogP contribution in [0.25, 0.3) is 0 Å². The monoisotopic (exact) mass is 414 g/mol. The lowest BCUT2D eigenvalue weighted by molar-refractivity contribution is -0.113. The first-order valence-electron chi connectivity index (χ1n) is 8.35. The maximum atomic E-state index is 13.7. The van der Waals surface area contributed by atoms with Gasteiger partial charge in [-0.25, -0.2) is 4.39 Å². The Morgan fingerprint density at radius 3 is 2.36 bits per heavy atom. The van der Waals surface area contributed by atoms with Crippen LogP contribution < -0.4 is 10.6 Å². The van der Waals surface area contributed by atoms with Gasteiger partial charge < -0.3 is 10.6 Å². The molecule has 0 atom stereocenters. The molecule has 2 N–H and O–H groups in total. The molecule has 142 valence electrons. The molecule has 2 amide bonds. The van der Waals surface area contributed by atoms with E-state index in [1.54, 1.807) is 48.5 Å². The van der Waals surface area contributed by atoms with Crippen molar-refractivity contribution in [2.24, 2.45) is 0 Å². The highest BCUT2D eigenvalue weighted by Gasteiger charge is 2.11. The smallest absolute Gasteiger partial charge is 0.258 e. The Morgan fingerprint density at radius 1 is 0.893 bits per heavy atom. The van der Waals surface area contributed by atoms with E-state index in [0.717, 1.165) is 4.90 Å². The number of thioether (sulfide) groups is 1. The highest BCUT2D eigenvalue weighted by Crippen LogP contribution is 2.23. The number of halogens is 2. The molecule has 3 aromatic rings. The second-order valence-electron chi connectivity index (χ2n) is 5.81. The molecule has 0 aliphatic rings. The van der Waals surface area contributed by atoms with Gasteiger partial charge in [0.1, 0.15) is 5.82 Å². The first-order chi connectivity index (χ1) is 13.5. The molecular weight excluding hydrogens is 399 g/mol. The van der Waals surface area contributed by atoms with Crippen molar-refractivity contribution in [1.82, 2.24) is 0 Å². The zero-order valence-corrected chi connectivity index (χ0v) is 16.2. The van der Waals surface area contributed by atoms with E-state index in [9.17, 15) is 14.0 Å². The quantitative estimate of drug-likeness (QED) is 0.526. The van der Waals surface area contributed by atoms with Gasteiger partial charge in [0.25, 0.3) is 5.91 Å². The SMILES string of the molecule is O=C(CSc1cccc(NC(=O)c2ccccc2F)c1)Nc1cccc(Cl)c1. The Hall–Kier alpha value is -2.83. The lowest BCUT2D eigenvalue weighted by Gasteiger charge is -2.09. The van der Waals surface area contributed by atoms with Gasteiger partial charge in [0.05, 0.1) is 11.3 Å². The molecule has 0 aliphatic heterocycles. The molecule has 3 aromatic carbocycles. The molecule has 0 radical (unpaired) electrons. The van der Waals surface area contributed by atoms with Gasteiger partial charge in [-0.05, 0) is 48.5 Å². The molecule has 0 heterocycles. The van der Waals surface area contributed by atoms with Gasteiger partial charge in [0.15, 0.2) is 0 Å². The van der Waals surface area contributed by atoms with Gasteiger partial charge in [-0.3, -0.25) is 9.59 Å². The molecule has 0 unspecified atom stereocenters. The summed E-state index contributed by atoms with van der Waals surface area (Å²) >= 11 is 7.22. The van der Waals surface area contributed by atoms with E-state index in [1.165, 1.54) is 30.0 Å². The number of benzene rings is 3. The fourth-order valence-electron chi connectivity index (χ4n) is 2.42. The minimum Gasteiger partial charge on any atom is -0.325 e. The summed E-state index contributed by atoms with van der Waals surface area (Å²) in [6, 6.07) is 19.7. The van der Waals surface area contributed by atoms with E-state index in [2.05, 4.69) is 10.6 Å². The van der Waals surface area contributed by atoms with E-state index in [0.29, 0.717) is 16.4 Å². The Morgan fingerprint density at radius 2 is 1.61 bits per heavy atom. The summed E-state index contributed by atoms with van der Waals surface area (Å²) in [5, 5.41) is 5.98. The van der Waals surface area contributed by atoms with Crippen molar-refractivity contribution in [3.63, 3.8) is 0 Å². The summed E-state index contributed by atoms with van der Waals surface area (Å²) in [4.78, 5) is 25.1. The fraction of sp³-hybridized carbons (Fsp3) is 0.0476. The Balaban J connectivity index is 1.58. The highest BCUT2D eigenvalue weighted by molar-refractivity contribution is 8.00. The van der Waals surface area contributed by atoms with Crippen LogP contribution in [-0.4, -0.2) is 17.6 Å². The average Bonchev–Trinajstić information content (AvgIpc) is 2.67. The number of carbonyl (C=O) groups is 2. The van der Waals surface area contributed by atoms with Crippen LogP contribution >= 0.6 is 23.4 Å². The standard InChI is InChI=1S/C21H16ClFN2O2S/c22-14-5-3-6-15(11-14)24-20(26)13-28-17-8-4-7-16(12-17)25-21(27)18-9-1-2-10-19(18)23/h1-12H,13H2,(H,24,26)(H,25,27). The van der Waals surface area contributed by atoms with Gasteiger partial charge in [-0.15, -0.1) is 11.8 Å². The molecule has 0 fully saturated rings. The van der Waals surface area contributed by atoms with Crippen molar-refractivity contribution < 1.29 is 14.0 Å². The molecule has 0 saturated heterocycles. The number of amides is 2. The van der Waals surface area contributed by atoms with Gasteiger partial charge in [0.2, 0.25) is 5.91 Å². The highest BCUT2D eigenvalue weighted by atomic mass is 35.5. The molecule has 28 heavy (non-hydrogen) atoms. The number of nitrogens with one attached hydrogen (secondary N) is 2. The van der Waals surface area contributed by atoms with Gasteiger partial charge in [-0.2, -0.15) is 0 Å². The normalized spacial score (nSPS) is 10.4. The molecular formula is C21H16ClFN2O2S. The molecule has 0 aromatic heterocycles. The number of hydrogen-bond donors (Lipinski definition) is 2. The van der Waals surface area contributed by atoms with E-state index in [-0.39, 0.29) is 17.2 Å². The summed E-state index contributed by atoms with van der Waals surface area (Å²) in [7, 11) is 0. The number of anilines is 2. The largest absolute Gasteiger partial charge is 0.325 e.